The fraction of sp³-hybridized carbons (Fsp3) is 0.176. The van der Waals surface area contributed by atoms with Gasteiger partial charge in [0, 0.05) is 20.6 Å². The molecule has 0 fully saturated rings. The van der Waals surface area contributed by atoms with E-state index in [0.717, 1.165) is 4.47 Å². The van der Waals surface area contributed by atoms with Crippen molar-refractivity contribution in [1.82, 2.24) is 0 Å². The number of ketones is 1. The number of carbonyl (C=O) groups excluding carboxylic acids is 2. The van der Waals surface area contributed by atoms with E-state index in [2.05, 4.69) is 15.9 Å². The summed E-state index contributed by atoms with van der Waals surface area (Å²) in [4.78, 5) is 23.9. The number of rotatable bonds is 6. The summed E-state index contributed by atoms with van der Waals surface area (Å²) in [7, 11) is 1.51. The van der Waals surface area contributed by atoms with Crippen molar-refractivity contribution < 1.29 is 19.1 Å². The van der Waals surface area contributed by atoms with Gasteiger partial charge in [0.05, 0.1) is 13.5 Å². The first kappa shape index (κ1) is 17.5. The minimum atomic E-state index is -0.518. The van der Waals surface area contributed by atoms with Gasteiger partial charge < -0.3 is 9.47 Å². The monoisotopic (exact) mass is 396 g/mol. The molecule has 0 atom stereocenters. The molecule has 0 heterocycles. The van der Waals surface area contributed by atoms with Gasteiger partial charge in [0.2, 0.25) is 0 Å². The van der Waals surface area contributed by atoms with Gasteiger partial charge in [-0.25, -0.2) is 0 Å². The summed E-state index contributed by atoms with van der Waals surface area (Å²) in [5.41, 5.74) is 1.10. The van der Waals surface area contributed by atoms with Crippen molar-refractivity contribution in [2.45, 2.75) is 6.42 Å². The molecule has 2 aromatic carbocycles. The zero-order valence-corrected chi connectivity index (χ0v) is 14.7. The zero-order chi connectivity index (χ0) is 16.8. The maximum absolute atomic E-state index is 12.0. The highest BCUT2D eigenvalue weighted by Gasteiger charge is 2.13. The third-order valence-corrected chi connectivity index (χ3v) is 3.87. The number of Topliss-reactive ketones (excluding diaryl/α,β-unsaturated/α-hetero) is 1. The Hall–Kier alpha value is -1.85. The number of hydrogen-bond acceptors (Lipinski definition) is 4. The van der Waals surface area contributed by atoms with Gasteiger partial charge >= 0.3 is 5.97 Å². The van der Waals surface area contributed by atoms with Crippen LogP contribution in [0.15, 0.2) is 46.9 Å². The molecule has 2 aromatic rings. The topological polar surface area (TPSA) is 52.6 Å². The fourth-order valence-corrected chi connectivity index (χ4v) is 2.42. The maximum atomic E-state index is 12.0. The molecule has 2 rings (SSSR count). The molecule has 0 amide bonds. The van der Waals surface area contributed by atoms with E-state index in [-0.39, 0.29) is 18.8 Å². The van der Waals surface area contributed by atoms with Crippen LogP contribution in [0.1, 0.15) is 15.9 Å². The molecule has 0 spiro atoms. The summed E-state index contributed by atoms with van der Waals surface area (Å²) in [6.45, 7) is -0.302. The van der Waals surface area contributed by atoms with Gasteiger partial charge in [-0.3, -0.25) is 9.59 Å². The molecular formula is C17H14BrClO4. The first-order chi connectivity index (χ1) is 11.0. The van der Waals surface area contributed by atoms with E-state index in [4.69, 9.17) is 21.1 Å². The van der Waals surface area contributed by atoms with Crippen molar-refractivity contribution in [3.8, 4) is 5.75 Å². The summed E-state index contributed by atoms with van der Waals surface area (Å²) < 4.78 is 11.1. The number of carbonyl (C=O) groups is 2. The molecule has 120 valence electrons. The van der Waals surface area contributed by atoms with Crippen LogP contribution in [0.2, 0.25) is 5.02 Å². The Balaban J connectivity index is 1.94. The number of esters is 1. The summed E-state index contributed by atoms with van der Waals surface area (Å²) in [5.74, 6) is -0.231. The zero-order valence-electron chi connectivity index (χ0n) is 12.3. The van der Waals surface area contributed by atoms with Crippen molar-refractivity contribution in [2.75, 3.05) is 13.7 Å². The van der Waals surface area contributed by atoms with Crippen LogP contribution in [0.3, 0.4) is 0 Å². The Bertz CT molecular complexity index is 713. The smallest absolute Gasteiger partial charge is 0.310 e. The number of benzene rings is 2. The van der Waals surface area contributed by atoms with Crippen molar-refractivity contribution in [1.29, 1.82) is 0 Å². The number of halogens is 2. The minimum absolute atomic E-state index is 0.0165. The average Bonchev–Trinajstić information content (AvgIpc) is 2.53. The van der Waals surface area contributed by atoms with E-state index in [1.807, 2.05) is 0 Å². The van der Waals surface area contributed by atoms with Crippen LogP contribution in [0, 0.1) is 0 Å². The molecule has 23 heavy (non-hydrogen) atoms. The van der Waals surface area contributed by atoms with Crippen molar-refractivity contribution in [3.63, 3.8) is 0 Å². The van der Waals surface area contributed by atoms with E-state index in [1.165, 1.54) is 7.11 Å². The quantitative estimate of drug-likeness (QED) is 0.544. The number of ether oxygens (including phenoxy) is 2. The van der Waals surface area contributed by atoms with E-state index >= 15 is 0 Å². The van der Waals surface area contributed by atoms with E-state index < -0.39 is 5.97 Å². The van der Waals surface area contributed by atoms with Gasteiger partial charge in [0.25, 0.3) is 0 Å². The van der Waals surface area contributed by atoms with Crippen LogP contribution in [-0.4, -0.2) is 25.5 Å². The lowest BCUT2D eigenvalue weighted by atomic mass is 10.1. The first-order valence-corrected chi connectivity index (χ1v) is 7.93. The molecular weight excluding hydrogens is 384 g/mol. The Morgan fingerprint density at radius 1 is 1.13 bits per heavy atom. The molecule has 0 unspecified atom stereocenters. The first-order valence-electron chi connectivity index (χ1n) is 6.76. The average molecular weight is 398 g/mol. The summed E-state index contributed by atoms with van der Waals surface area (Å²) in [6.07, 6.45) is -0.0165. The van der Waals surface area contributed by atoms with Crippen molar-refractivity contribution in [2.24, 2.45) is 0 Å². The van der Waals surface area contributed by atoms with Gasteiger partial charge in [0.15, 0.2) is 12.4 Å². The predicted octanol–water partition coefficient (Wildman–Crippen LogP) is 4.08. The third kappa shape index (κ3) is 5.08. The molecule has 4 nitrogen and oxygen atoms in total. The Morgan fingerprint density at radius 3 is 2.48 bits per heavy atom. The second kappa shape index (κ2) is 8.13. The van der Waals surface area contributed by atoms with Gasteiger partial charge in [-0.1, -0.05) is 39.7 Å². The van der Waals surface area contributed by atoms with Gasteiger partial charge in [-0.05, 0) is 30.3 Å². The highest BCUT2D eigenvalue weighted by molar-refractivity contribution is 9.10. The maximum Gasteiger partial charge on any atom is 0.310 e. The lowest BCUT2D eigenvalue weighted by Crippen LogP contribution is -2.16. The molecule has 0 saturated heterocycles. The van der Waals surface area contributed by atoms with E-state index in [1.54, 1.807) is 42.5 Å². The Labute approximate surface area is 147 Å². The molecule has 0 saturated carbocycles. The normalized spacial score (nSPS) is 10.2. The lowest BCUT2D eigenvalue weighted by molar-refractivity contribution is -0.141. The van der Waals surface area contributed by atoms with Gasteiger partial charge in [-0.2, -0.15) is 0 Å². The molecule has 0 aliphatic rings. The Kier molecular flexibility index (Phi) is 6.19. The van der Waals surface area contributed by atoms with Gasteiger partial charge in [0.1, 0.15) is 5.75 Å². The largest absolute Gasteiger partial charge is 0.496 e. The van der Waals surface area contributed by atoms with Crippen molar-refractivity contribution in [3.05, 3.63) is 63.1 Å². The molecule has 0 aliphatic heterocycles. The fourth-order valence-electron chi connectivity index (χ4n) is 1.96. The predicted molar refractivity (Wildman–Crippen MR) is 91.1 cm³/mol. The highest BCUT2D eigenvalue weighted by Crippen LogP contribution is 2.23. The van der Waals surface area contributed by atoms with E-state index in [0.29, 0.717) is 21.9 Å². The molecule has 0 aromatic heterocycles. The SMILES string of the molecule is COc1ccc(Cl)cc1CC(=O)OCC(=O)c1ccc(Br)cc1. The molecule has 0 bridgehead atoms. The molecule has 0 radical (unpaired) electrons. The summed E-state index contributed by atoms with van der Waals surface area (Å²) in [6, 6.07) is 11.8. The van der Waals surface area contributed by atoms with Crippen LogP contribution in [0.25, 0.3) is 0 Å². The van der Waals surface area contributed by atoms with Crippen molar-refractivity contribution >= 4 is 39.3 Å². The standard InChI is InChI=1S/C17H14BrClO4/c1-22-16-7-6-14(19)8-12(16)9-17(21)23-10-15(20)11-2-4-13(18)5-3-11/h2-8H,9-10H2,1H3. The Morgan fingerprint density at radius 2 is 1.83 bits per heavy atom. The number of hydrogen-bond donors (Lipinski definition) is 0. The minimum Gasteiger partial charge on any atom is -0.496 e. The lowest BCUT2D eigenvalue weighted by Gasteiger charge is -2.09. The second-order valence-electron chi connectivity index (χ2n) is 4.72. The molecule has 0 N–H and O–H groups in total. The number of methoxy groups -OCH3 is 1. The van der Waals surface area contributed by atoms with Crippen LogP contribution < -0.4 is 4.74 Å². The van der Waals surface area contributed by atoms with Crippen LogP contribution in [0.4, 0.5) is 0 Å². The second-order valence-corrected chi connectivity index (χ2v) is 6.08. The third-order valence-electron chi connectivity index (χ3n) is 3.11. The van der Waals surface area contributed by atoms with Gasteiger partial charge in [-0.15, -0.1) is 0 Å². The van der Waals surface area contributed by atoms with Crippen LogP contribution in [-0.2, 0) is 16.0 Å². The van der Waals surface area contributed by atoms with E-state index in [9.17, 15) is 9.59 Å². The molecule has 6 heteroatoms. The summed E-state index contributed by atoms with van der Waals surface area (Å²) in [5, 5.41) is 0.500. The summed E-state index contributed by atoms with van der Waals surface area (Å²) >= 11 is 9.21. The molecule has 0 aliphatic carbocycles. The van der Waals surface area contributed by atoms with Crippen LogP contribution >= 0.6 is 27.5 Å². The van der Waals surface area contributed by atoms with Crippen LogP contribution in [0.5, 0.6) is 5.75 Å². The highest BCUT2D eigenvalue weighted by atomic mass is 79.9.